The van der Waals surface area contributed by atoms with Crippen LogP contribution in [0.2, 0.25) is 0 Å². The van der Waals surface area contributed by atoms with Crippen LogP contribution in [0.5, 0.6) is 5.75 Å². The lowest BCUT2D eigenvalue weighted by atomic mass is 10.1. The molecule has 0 spiro atoms. The summed E-state index contributed by atoms with van der Waals surface area (Å²) in [5.74, 6) is 0.387. The summed E-state index contributed by atoms with van der Waals surface area (Å²) in [5.41, 5.74) is 9.84. The minimum Gasteiger partial charge on any atom is -0.508 e. The minimum atomic E-state index is -1.35. The summed E-state index contributed by atoms with van der Waals surface area (Å²) >= 11 is 0. The molecule has 4 atom stereocenters. The van der Waals surface area contributed by atoms with E-state index in [1.807, 2.05) is 0 Å². The molecule has 0 radical (unpaired) electrons. The van der Waals surface area contributed by atoms with Gasteiger partial charge in [-0.2, -0.15) is 5.10 Å². The molecule has 1 aliphatic rings. The molecule has 0 unspecified atom stereocenters. The number of hydrazone groups is 1. The second-order valence-electron chi connectivity index (χ2n) is 6.43. The van der Waals surface area contributed by atoms with Crippen LogP contribution in [0.4, 0.5) is 11.8 Å². The fourth-order valence-electron chi connectivity index (χ4n) is 3.06. The number of nitrogen functional groups attached to an aromatic ring is 1. The fourth-order valence-corrected chi connectivity index (χ4v) is 3.06. The molecule has 0 amide bonds. The Morgan fingerprint density at radius 2 is 1.97 bits per heavy atom. The molecule has 0 saturated carbocycles. The highest BCUT2D eigenvalue weighted by atomic mass is 16.6. The molecule has 3 aromatic rings. The Morgan fingerprint density at radius 1 is 1.21 bits per heavy atom. The van der Waals surface area contributed by atoms with E-state index in [4.69, 9.17) is 10.5 Å². The van der Waals surface area contributed by atoms with E-state index in [-0.39, 0.29) is 28.7 Å². The van der Waals surface area contributed by atoms with Crippen molar-refractivity contribution in [1.29, 1.82) is 0 Å². The quantitative estimate of drug-likeness (QED) is 0.233. The van der Waals surface area contributed by atoms with Crippen molar-refractivity contribution in [2.45, 2.75) is 24.5 Å². The van der Waals surface area contributed by atoms with Crippen LogP contribution in [0.3, 0.4) is 0 Å². The first-order valence-corrected chi connectivity index (χ1v) is 8.68. The van der Waals surface area contributed by atoms with Crippen LogP contribution in [-0.2, 0) is 4.74 Å². The topological polar surface area (TPSA) is 184 Å². The number of nitrogens with one attached hydrogen (secondary N) is 1. The number of ether oxygens (including phenoxy) is 1. The molecule has 12 nitrogen and oxygen atoms in total. The van der Waals surface area contributed by atoms with E-state index in [0.717, 1.165) is 0 Å². The Balaban J connectivity index is 1.71. The molecule has 29 heavy (non-hydrogen) atoms. The highest BCUT2D eigenvalue weighted by molar-refractivity contribution is 5.84. The summed E-state index contributed by atoms with van der Waals surface area (Å²) in [5, 5.41) is 43.3. The monoisotopic (exact) mass is 401 g/mol. The average Bonchev–Trinajstić information content (AvgIpc) is 3.22. The van der Waals surface area contributed by atoms with Gasteiger partial charge in [-0.15, -0.1) is 0 Å². The number of hydrogen-bond donors (Lipinski definition) is 6. The van der Waals surface area contributed by atoms with Crippen molar-refractivity contribution in [3.05, 3.63) is 36.2 Å². The number of fused-ring (bicyclic) bond motifs is 1. The third kappa shape index (κ3) is 3.45. The van der Waals surface area contributed by atoms with Gasteiger partial charge >= 0.3 is 0 Å². The van der Waals surface area contributed by atoms with Crippen LogP contribution in [-0.4, -0.2) is 71.1 Å². The lowest BCUT2D eigenvalue weighted by Gasteiger charge is -2.18. The van der Waals surface area contributed by atoms with Gasteiger partial charge in [-0.1, -0.05) is 0 Å². The van der Waals surface area contributed by atoms with Crippen LogP contribution < -0.4 is 11.2 Å². The zero-order chi connectivity index (χ0) is 20.5. The van der Waals surface area contributed by atoms with Gasteiger partial charge in [-0.3, -0.25) is 4.57 Å². The van der Waals surface area contributed by atoms with Gasteiger partial charge in [0.05, 0.1) is 12.8 Å². The number of aromatic nitrogens is 4. The second-order valence-corrected chi connectivity index (χ2v) is 6.43. The molecule has 1 aliphatic heterocycles. The van der Waals surface area contributed by atoms with Crippen molar-refractivity contribution in [3.63, 3.8) is 0 Å². The fraction of sp³-hybridized carbons (Fsp3) is 0.294. The first-order valence-electron chi connectivity index (χ1n) is 8.68. The predicted molar refractivity (Wildman–Crippen MR) is 102 cm³/mol. The number of imidazole rings is 1. The third-order valence-electron chi connectivity index (χ3n) is 4.55. The summed E-state index contributed by atoms with van der Waals surface area (Å²) in [6.45, 7) is -0.472. The van der Waals surface area contributed by atoms with Crippen molar-refractivity contribution < 1.29 is 25.2 Å². The van der Waals surface area contributed by atoms with Crippen molar-refractivity contribution in [1.82, 2.24) is 19.5 Å². The first kappa shape index (κ1) is 19.0. The molecule has 1 fully saturated rings. The number of nitrogens with zero attached hydrogens (tertiary/aromatic N) is 5. The minimum absolute atomic E-state index is 0.117. The van der Waals surface area contributed by atoms with E-state index in [2.05, 4.69) is 25.5 Å². The maximum Gasteiger partial charge on any atom is 0.228 e. The van der Waals surface area contributed by atoms with Gasteiger partial charge in [0.25, 0.3) is 0 Å². The van der Waals surface area contributed by atoms with E-state index in [9.17, 15) is 20.4 Å². The largest absolute Gasteiger partial charge is 0.508 e. The number of aromatic hydroxyl groups is 1. The maximum atomic E-state index is 10.4. The van der Waals surface area contributed by atoms with Crippen molar-refractivity contribution in [2.75, 3.05) is 17.8 Å². The SMILES string of the molecule is Nc1ncnc2c1nc(NN=Cc1ccc(O)cc1)n2[C@@H]1O[C@H](CO)[C@@H](O)[C@H]1O. The Hall–Kier alpha value is -3.32. The summed E-state index contributed by atoms with van der Waals surface area (Å²) in [6, 6.07) is 6.37. The summed E-state index contributed by atoms with van der Waals surface area (Å²) < 4.78 is 6.99. The molecular weight excluding hydrogens is 382 g/mol. The van der Waals surface area contributed by atoms with E-state index in [1.165, 1.54) is 29.2 Å². The van der Waals surface area contributed by atoms with Crippen molar-refractivity contribution in [3.8, 4) is 5.75 Å². The zero-order valence-corrected chi connectivity index (χ0v) is 15.0. The van der Waals surface area contributed by atoms with Gasteiger partial charge < -0.3 is 30.9 Å². The molecule has 152 valence electrons. The molecule has 7 N–H and O–H groups in total. The number of hydrogen-bond acceptors (Lipinski definition) is 11. The molecule has 0 aliphatic carbocycles. The Morgan fingerprint density at radius 3 is 2.66 bits per heavy atom. The maximum absolute atomic E-state index is 10.4. The van der Waals surface area contributed by atoms with Gasteiger partial charge in [-0.05, 0) is 29.8 Å². The molecule has 1 saturated heterocycles. The number of phenols is 1. The van der Waals surface area contributed by atoms with Crippen LogP contribution in [0.15, 0.2) is 35.7 Å². The Bertz CT molecular complexity index is 1040. The van der Waals surface area contributed by atoms with E-state index in [0.29, 0.717) is 5.56 Å². The van der Waals surface area contributed by atoms with Crippen LogP contribution in [0.25, 0.3) is 11.2 Å². The molecule has 0 bridgehead atoms. The molecule has 4 rings (SSSR count). The highest BCUT2D eigenvalue weighted by Crippen LogP contribution is 2.35. The summed E-state index contributed by atoms with van der Waals surface area (Å²) in [6.07, 6.45) is -1.97. The van der Waals surface area contributed by atoms with E-state index in [1.54, 1.807) is 12.1 Å². The standard InChI is InChI=1S/C17H19N7O5/c18-14-11-15(20-7-19-14)24(16-13(28)12(27)10(6-25)29-16)17(22-11)23-21-5-8-1-3-9(26)4-2-8/h1-5,7,10,12-13,16,25-28H,6H2,(H,22,23)(H2,18,19,20)/t10-,12-,13-,16-/m1/s1. The number of anilines is 2. The van der Waals surface area contributed by atoms with E-state index < -0.39 is 31.1 Å². The predicted octanol–water partition coefficient (Wildman–Crippen LogP) is -0.828. The molecule has 3 heterocycles. The number of benzene rings is 1. The second kappa shape index (κ2) is 7.60. The van der Waals surface area contributed by atoms with Crippen molar-refractivity contribution >= 4 is 29.1 Å². The Labute approximate surface area is 163 Å². The molecule has 2 aromatic heterocycles. The lowest BCUT2D eigenvalue weighted by Crippen LogP contribution is -2.33. The Kier molecular flexibility index (Phi) is 4.98. The summed E-state index contributed by atoms with van der Waals surface area (Å²) in [7, 11) is 0. The molecular formula is C17H19N7O5. The molecule has 1 aromatic carbocycles. The normalized spacial score (nSPS) is 24.5. The number of phenolic OH excluding ortho intramolecular Hbond substituents is 1. The molecule has 12 heteroatoms. The van der Waals surface area contributed by atoms with Crippen LogP contribution in [0, 0.1) is 0 Å². The number of aliphatic hydroxyl groups is 3. The smallest absolute Gasteiger partial charge is 0.228 e. The highest BCUT2D eigenvalue weighted by Gasteiger charge is 2.45. The lowest BCUT2D eigenvalue weighted by molar-refractivity contribution is -0.0501. The number of nitrogens with two attached hydrogens (primary N) is 1. The van der Waals surface area contributed by atoms with Crippen LogP contribution >= 0.6 is 0 Å². The number of rotatable bonds is 5. The van der Waals surface area contributed by atoms with Gasteiger partial charge in [0.2, 0.25) is 5.95 Å². The van der Waals surface area contributed by atoms with Gasteiger partial charge in [-0.25, -0.2) is 20.4 Å². The third-order valence-corrected chi connectivity index (χ3v) is 4.55. The number of aliphatic hydroxyl groups excluding tert-OH is 3. The summed E-state index contributed by atoms with van der Waals surface area (Å²) in [4.78, 5) is 12.4. The average molecular weight is 401 g/mol. The van der Waals surface area contributed by atoms with E-state index >= 15 is 0 Å². The first-order chi connectivity index (χ1) is 14.0. The van der Waals surface area contributed by atoms with Crippen molar-refractivity contribution in [2.24, 2.45) is 5.10 Å². The van der Waals surface area contributed by atoms with Gasteiger partial charge in [0, 0.05) is 0 Å². The van der Waals surface area contributed by atoms with Crippen LogP contribution in [0.1, 0.15) is 11.8 Å². The van der Waals surface area contributed by atoms with Gasteiger partial charge in [0.1, 0.15) is 30.4 Å². The zero-order valence-electron chi connectivity index (χ0n) is 15.0. The van der Waals surface area contributed by atoms with Gasteiger partial charge in [0.15, 0.2) is 23.2 Å².